The van der Waals surface area contributed by atoms with Crippen LogP contribution in [0.3, 0.4) is 0 Å². The molecule has 0 amide bonds. The maximum Gasteiger partial charge on any atom is 0.101 e. The van der Waals surface area contributed by atoms with E-state index in [2.05, 4.69) is 4.98 Å². The maximum absolute atomic E-state index is 8.77. The minimum atomic E-state index is 0.473. The summed E-state index contributed by atoms with van der Waals surface area (Å²) in [4.78, 5) is 4.19. The molecule has 14 heavy (non-hydrogen) atoms. The van der Waals surface area contributed by atoms with Crippen molar-refractivity contribution >= 4 is 22.6 Å². The molecule has 3 nitrogen and oxygen atoms in total. The van der Waals surface area contributed by atoms with Gasteiger partial charge in [-0.25, -0.2) is 4.98 Å². The van der Waals surface area contributed by atoms with Crippen LogP contribution in [0.25, 0.3) is 11.0 Å². The van der Waals surface area contributed by atoms with E-state index in [1.165, 1.54) is 0 Å². The van der Waals surface area contributed by atoms with Gasteiger partial charge in [-0.3, -0.25) is 0 Å². The van der Waals surface area contributed by atoms with Crippen LogP contribution in [0.4, 0.5) is 0 Å². The number of nitrogens with zero attached hydrogens (tertiary/aromatic N) is 3. The van der Waals surface area contributed by atoms with Gasteiger partial charge in [0.05, 0.1) is 27.9 Å². The molecule has 0 atom stereocenters. The number of nitriles is 1. The third-order valence-corrected chi connectivity index (χ3v) is 2.48. The van der Waals surface area contributed by atoms with Crippen LogP contribution in [0.5, 0.6) is 0 Å². The fraction of sp³-hybridized carbons (Fsp3) is 0.200. The number of halogens is 1. The first kappa shape index (κ1) is 9.04. The molecule has 2 rings (SSSR count). The monoisotopic (exact) mass is 205 g/mol. The Morgan fingerprint density at radius 3 is 3.00 bits per heavy atom. The Bertz CT molecular complexity index is 522. The number of aryl methyl sites for hydroxylation is 1. The van der Waals surface area contributed by atoms with Crippen LogP contribution in [0.15, 0.2) is 18.5 Å². The van der Waals surface area contributed by atoms with Gasteiger partial charge in [-0.05, 0) is 19.1 Å². The van der Waals surface area contributed by atoms with Crippen LogP contribution < -0.4 is 0 Å². The normalized spacial score (nSPS) is 10.4. The molecule has 0 saturated carbocycles. The van der Waals surface area contributed by atoms with Gasteiger partial charge in [-0.2, -0.15) is 5.26 Å². The fourth-order valence-corrected chi connectivity index (χ4v) is 1.62. The summed E-state index contributed by atoms with van der Waals surface area (Å²) in [6, 6.07) is 5.53. The Balaban J connectivity index is 2.77. The van der Waals surface area contributed by atoms with Gasteiger partial charge in [0.1, 0.15) is 6.07 Å². The highest BCUT2D eigenvalue weighted by atomic mass is 35.5. The van der Waals surface area contributed by atoms with Crippen molar-refractivity contribution in [1.29, 1.82) is 5.26 Å². The highest BCUT2D eigenvalue weighted by Gasteiger charge is 2.06. The van der Waals surface area contributed by atoms with E-state index in [0.717, 1.165) is 17.6 Å². The van der Waals surface area contributed by atoms with E-state index in [4.69, 9.17) is 16.9 Å². The highest BCUT2D eigenvalue weighted by molar-refractivity contribution is 6.32. The van der Waals surface area contributed by atoms with Crippen molar-refractivity contribution in [2.24, 2.45) is 0 Å². The lowest BCUT2D eigenvalue weighted by Gasteiger charge is -1.99. The van der Waals surface area contributed by atoms with E-state index in [1.807, 2.05) is 17.6 Å². The van der Waals surface area contributed by atoms with Crippen LogP contribution in [0.2, 0.25) is 5.02 Å². The fourth-order valence-electron chi connectivity index (χ4n) is 1.42. The molecule has 0 fully saturated rings. The zero-order chi connectivity index (χ0) is 10.1. The molecular formula is C10H8ClN3. The van der Waals surface area contributed by atoms with Gasteiger partial charge >= 0.3 is 0 Å². The molecule has 0 saturated heterocycles. The topological polar surface area (TPSA) is 41.6 Å². The molecule has 2 aromatic rings. The Kier molecular flexibility index (Phi) is 2.14. The molecule has 1 aromatic heterocycles. The van der Waals surface area contributed by atoms with E-state index >= 15 is 0 Å². The number of rotatable bonds is 1. The standard InChI is InChI=1S/C10H8ClN3/c1-2-14-6-13-9-3-7(5-12)8(11)4-10(9)14/h3-4,6H,2H2,1H3. The van der Waals surface area contributed by atoms with E-state index in [-0.39, 0.29) is 0 Å². The number of hydrogen-bond donors (Lipinski definition) is 0. The van der Waals surface area contributed by atoms with Gasteiger partial charge in [0.15, 0.2) is 0 Å². The molecule has 0 N–H and O–H groups in total. The minimum Gasteiger partial charge on any atom is -0.331 e. The lowest BCUT2D eigenvalue weighted by Crippen LogP contribution is -1.90. The second-order valence-corrected chi connectivity index (χ2v) is 3.37. The summed E-state index contributed by atoms with van der Waals surface area (Å²) in [7, 11) is 0. The van der Waals surface area contributed by atoms with Gasteiger partial charge in [0.25, 0.3) is 0 Å². The first-order chi connectivity index (χ1) is 6.76. The first-order valence-corrected chi connectivity index (χ1v) is 4.68. The van der Waals surface area contributed by atoms with E-state index < -0.39 is 0 Å². The predicted molar refractivity (Wildman–Crippen MR) is 55.1 cm³/mol. The van der Waals surface area contributed by atoms with Crippen molar-refractivity contribution in [1.82, 2.24) is 9.55 Å². The number of aromatic nitrogens is 2. The summed E-state index contributed by atoms with van der Waals surface area (Å²) < 4.78 is 1.99. The van der Waals surface area contributed by atoms with Crippen molar-refractivity contribution in [3.8, 4) is 6.07 Å². The highest BCUT2D eigenvalue weighted by Crippen LogP contribution is 2.22. The third kappa shape index (κ3) is 1.24. The smallest absolute Gasteiger partial charge is 0.101 e. The largest absolute Gasteiger partial charge is 0.331 e. The molecule has 0 spiro atoms. The molecule has 4 heteroatoms. The summed E-state index contributed by atoms with van der Waals surface area (Å²) in [5, 5.41) is 9.25. The zero-order valence-electron chi connectivity index (χ0n) is 7.66. The van der Waals surface area contributed by atoms with Gasteiger partial charge in [-0.1, -0.05) is 11.6 Å². The molecule has 0 aliphatic rings. The van der Waals surface area contributed by atoms with Crippen LogP contribution in [0.1, 0.15) is 12.5 Å². The Morgan fingerprint density at radius 1 is 1.57 bits per heavy atom. The molecule has 1 heterocycles. The molecule has 0 aliphatic carbocycles. The van der Waals surface area contributed by atoms with Gasteiger partial charge < -0.3 is 4.57 Å². The first-order valence-electron chi connectivity index (χ1n) is 4.30. The minimum absolute atomic E-state index is 0.473. The molecule has 1 aromatic carbocycles. The Labute approximate surface area is 86.5 Å². The lowest BCUT2D eigenvalue weighted by molar-refractivity contribution is 0.787. The average Bonchev–Trinajstić information content (AvgIpc) is 2.58. The summed E-state index contributed by atoms with van der Waals surface area (Å²) in [5.74, 6) is 0. The lowest BCUT2D eigenvalue weighted by atomic mass is 10.2. The van der Waals surface area contributed by atoms with Crippen molar-refractivity contribution in [2.45, 2.75) is 13.5 Å². The van der Waals surface area contributed by atoms with Crippen molar-refractivity contribution in [2.75, 3.05) is 0 Å². The summed E-state index contributed by atoms with van der Waals surface area (Å²) >= 11 is 5.93. The third-order valence-electron chi connectivity index (χ3n) is 2.17. The van der Waals surface area contributed by atoms with Crippen molar-refractivity contribution in [3.05, 3.63) is 29.0 Å². The van der Waals surface area contributed by atoms with E-state index in [1.54, 1.807) is 18.5 Å². The zero-order valence-corrected chi connectivity index (χ0v) is 8.41. The van der Waals surface area contributed by atoms with E-state index in [0.29, 0.717) is 10.6 Å². The number of hydrogen-bond acceptors (Lipinski definition) is 2. The van der Waals surface area contributed by atoms with Gasteiger partial charge in [0.2, 0.25) is 0 Å². The number of benzene rings is 1. The van der Waals surface area contributed by atoms with Crippen LogP contribution >= 0.6 is 11.6 Å². The summed E-state index contributed by atoms with van der Waals surface area (Å²) in [6.45, 7) is 2.88. The number of fused-ring (bicyclic) bond motifs is 1. The SMILES string of the molecule is CCn1cnc2cc(C#N)c(Cl)cc21. The predicted octanol–water partition coefficient (Wildman–Crippen LogP) is 2.58. The molecule has 0 bridgehead atoms. The average molecular weight is 206 g/mol. The van der Waals surface area contributed by atoms with Crippen molar-refractivity contribution < 1.29 is 0 Å². The summed E-state index contributed by atoms with van der Waals surface area (Å²) in [6.07, 6.45) is 1.75. The second kappa shape index (κ2) is 3.32. The van der Waals surface area contributed by atoms with Crippen molar-refractivity contribution in [3.63, 3.8) is 0 Å². The van der Waals surface area contributed by atoms with Gasteiger partial charge in [0, 0.05) is 6.54 Å². The quantitative estimate of drug-likeness (QED) is 0.718. The number of imidazole rings is 1. The second-order valence-electron chi connectivity index (χ2n) is 2.96. The molecule has 70 valence electrons. The molecule has 0 aliphatic heterocycles. The Morgan fingerprint density at radius 2 is 2.36 bits per heavy atom. The molecular weight excluding hydrogens is 198 g/mol. The summed E-state index contributed by atoms with van der Waals surface area (Å²) in [5.41, 5.74) is 2.25. The van der Waals surface area contributed by atoms with Crippen LogP contribution in [-0.2, 0) is 6.54 Å². The van der Waals surface area contributed by atoms with E-state index in [9.17, 15) is 0 Å². The van der Waals surface area contributed by atoms with Gasteiger partial charge in [-0.15, -0.1) is 0 Å². The maximum atomic E-state index is 8.77. The Hall–Kier alpha value is -1.53. The molecule has 0 unspecified atom stereocenters. The van der Waals surface area contributed by atoms with Crippen LogP contribution in [0, 0.1) is 11.3 Å². The molecule has 0 radical (unpaired) electrons. The van der Waals surface area contributed by atoms with Crippen LogP contribution in [-0.4, -0.2) is 9.55 Å².